The average molecular weight is 256 g/mol. The van der Waals surface area contributed by atoms with Gasteiger partial charge in [-0.25, -0.2) is 0 Å². The molecular weight excluding hydrogens is 232 g/mol. The van der Waals surface area contributed by atoms with E-state index in [4.69, 9.17) is 5.11 Å². The third kappa shape index (κ3) is 5.49. The molecule has 0 aliphatic carbocycles. The molecule has 1 aliphatic rings. The summed E-state index contributed by atoms with van der Waals surface area (Å²) in [5.74, 6) is -0.329. The van der Waals surface area contributed by atoms with E-state index >= 15 is 0 Å². The van der Waals surface area contributed by atoms with Crippen LogP contribution in [0.1, 0.15) is 39.5 Å². The highest BCUT2D eigenvalue weighted by Gasteiger charge is 2.23. The van der Waals surface area contributed by atoms with Gasteiger partial charge >= 0.3 is 5.97 Å². The van der Waals surface area contributed by atoms with E-state index in [2.05, 4.69) is 24.5 Å². The fourth-order valence-corrected chi connectivity index (χ4v) is 2.43. The number of hydrogen-bond acceptors (Lipinski definition) is 3. The van der Waals surface area contributed by atoms with Crippen molar-refractivity contribution in [3.05, 3.63) is 0 Å². The summed E-state index contributed by atoms with van der Waals surface area (Å²) >= 11 is 0. The maximum absolute atomic E-state index is 11.8. The van der Waals surface area contributed by atoms with Crippen LogP contribution in [0.3, 0.4) is 0 Å². The van der Waals surface area contributed by atoms with Gasteiger partial charge in [0, 0.05) is 13.0 Å². The predicted octanol–water partition coefficient (Wildman–Crippen LogP) is 0.992. The molecule has 1 fully saturated rings. The molecule has 0 aromatic carbocycles. The minimum absolute atomic E-state index is 0.00615. The molecule has 0 saturated carbocycles. The molecular formula is C13H24N2O3. The van der Waals surface area contributed by atoms with Gasteiger partial charge in [-0.15, -0.1) is 0 Å². The Hall–Kier alpha value is -1.10. The molecule has 5 nitrogen and oxygen atoms in total. The molecule has 18 heavy (non-hydrogen) atoms. The third-order valence-corrected chi connectivity index (χ3v) is 3.21. The number of nitrogens with one attached hydrogen (secondary N) is 2. The molecule has 2 atom stereocenters. The highest BCUT2D eigenvalue weighted by atomic mass is 16.4. The Balaban J connectivity index is 2.35. The maximum Gasteiger partial charge on any atom is 0.303 e. The zero-order valence-electron chi connectivity index (χ0n) is 11.2. The van der Waals surface area contributed by atoms with E-state index in [-0.39, 0.29) is 24.3 Å². The van der Waals surface area contributed by atoms with Crippen LogP contribution in [0.2, 0.25) is 0 Å². The van der Waals surface area contributed by atoms with Gasteiger partial charge in [0.05, 0.1) is 6.04 Å². The van der Waals surface area contributed by atoms with Gasteiger partial charge < -0.3 is 15.7 Å². The molecule has 0 aromatic rings. The standard InChI is InChI=1S/C13H24N2O3/c1-9(2)6-10(7-12(16)17)8-15-13(18)11-4-3-5-14-11/h9-11,14H,3-8H2,1-2H3,(H,15,18)(H,16,17). The van der Waals surface area contributed by atoms with Crippen LogP contribution in [0.15, 0.2) is 0 Å². The summed E-state index contributed by atoms with van der Waals surface area (Å²) < 4.78 is 0. The van der Waals surface area contributed by atoms with E-state index in [1.807, 2.05) is 0 Å². The van der Waals surface area contributed by atoms with Crippen molar-refractivity contribution in [2.24, 2.45) is 11.8 Å². The summed E-state index contributed by atoms with van der Waals surface area (Å²) in [6.07, 6.45) is 2.85. The van der Waals surface area contributed by atoms with Crippen molar-refractivity contribution < 1.29 is 14.7 Å². The van der Waals surface area contributed by atoms with Crippen LogP contribution in [-0.2, 0) is 9.59 Å². The van der Waals surface area contributed by atoms with Crippen LogP contribution < -0.4 is 10.6 Å². The molecule has 1 aliphatic heterocycles. The SMILES string of the molecule is CC(C)CC(CNC(=O)C1CCCN1)CC(=O)O. The van der Waals surface area contributed by atoms with Gasteiger partial charge in [0.1, 0.15) is 0 Å². The average Bonchev–Trinajstić information content (AvgIpc) is 2.77. The molecule has 0 bridgehead atoms. The number of aliphatic carboxylic acids is 1. The second kappa shape index (κ2) is 7.36. The Morgan fingerprint density at radius 3 is 2.67 bits per heavy atom. The first-order chi connectivity index (χ1) is 8.49. The summed E-state index contributed by atoms with van der Waals surface area (Å²) in [6, 6.07) is -0.0884. The number of hydrogen-bond donors (Lipinski definition) is 3. The van der Waals surface area contributed by atoms with Gasteiger partial charge in [-0.1, -0.05) is 13.8 Å². The van der Waals surface area contributed by atoms with Crippen molar-refractivity contribution in [2.75, 3.05) is 13.1 Å². The number of amides is 1. The summed E-state index contributed by atoms with van der Waals surface area (Å²) in [5, 5.41) is 14.9. The second-order valence-electron chi connectivity index (χ2n) is 5.49. The van der Waals surface area contributed by atoms with E-state index in [0.29, 0.717) is 12.5 Å². The monoisotopic (exact) mass is 256 g/mol. The third-order valence-electron chi connectivity index (χ3n) is 3.21. The van der Waals surface area contributed by atoms with Crippen molar-refractivity contribution in [3.63, 3.8) is 0 Å². The lowest BCUT2D eigenvalue weighted by atomic mass is 9.94. The maximum atomic E-state index is 11.8. The molecule has 104 valence electrons. The van der Waals surface area contributed by atoms with Crippen molar-refractivity contribution in [1.82, 2.24) is 10.6 Å². The number of rotatable bonds is 7. The van der Waals surface area contributed by atoms with E-state index in [0.717, 1.165) is 25.8 Å². The molecule has 1 amide bonds. The number of carbonyl (C=O) groups excluding carboxylic acids is 1. The largest absolute Gasteiger partial charge is 0.481 e. The van der Waals surface area contributed by atoms with Gasteiger partial charge in [0.2, 0.25) is 5.91 Å². The van der Waals surface area contributed by atoms with Gasteiger partial charge in [0.15, 0.2) is 0 Å². The molecule has 2 unspecified atom stereocenters. The van der Waals surface area contributed by atoms with Gasteiger partial charge in [-0.05, 0) is 37.6 Å². The van der Waals surface area contributed by atoms with E-state index < -0.39 is 5.97 Å². The number of carboxylic acid groups (broad SMARTS) is 1. The minimum atomic E-state index is -0.797. The van der Waals surface area contributed by atoms with Crippen molar-refractivity contribution in [1.29, 1.82) is 0 Å². The minimum Gasteiger partial charge on any atom is -0.481 e. The lowest BCUT2D eigenvalue weighted by Gasteiger charge is -2.19. The smallest absolute Gasteiger partial charge is 0.303 e. The Kier molecular flexibility index (Phi) is 6.12. The van der Waals surface area contributed by atoms with Crippen molar-refractivity contribution in [3.8, 4) is 0 Å². The molecule has 1 saturated heterocycles. The Morgan fingerprint density at radius 2 is 2.17 bits per heavy atom. The van der Waals surface area contributed by atoms with Gasteiger partial charge in [-0.3, -0.25) is 9.59 Å². The summed E-state index contributed by atoms with van der Waals surface area (Å²) in [5.41, 5.74) is 0. The fraction of sp³-hybridized carbons (Fsp3) is 0.846. The molecule has 5 heteroatoms. The Labute approximate surface area is 108 Å². The summed E-state index contributed by atoms with van der Waals surface area (Å²) in [7, 11) is 0. The van der Waals surface area contributed by atoms with E-state index in [9.17, 15) is 9.59 Å². The van der Waals surface area contributed by atoms with E-state index in [1.54, 1.807) is 0 Å². The first-order valence-corrected chi connectivity index (χ1v) is 6.72. The first-order valence-electron chi connectivity index (χ1n) is 6.72. The van der Waals surface area contributed by atoms with Gasteiger partial charge in [0.25, 0.3) is 0 Å². The molecule has 1 heterocycles. The van der Waals surface area contributed by atoms with E-state index in [1.165, 1.54) is 0 Å². The first kappa shape index (κ1) is 15.0. The Morgan fingerprint density at radius 1 is 1.44 bits per heavy atom. The fourth-order valence-electron chi connectivity index (χ4n) is 2.43. The summed E-state index contributed by atoms with van der Waals surface area (Å²) in [6.45, 7) is 5.48. The zero-order chi connectivity index (χ0) is 13.5. The highest BCUT2D eigenvalue weighted by Crippen LogP contribution is 2.15. The number of carboxylic acids is 1. The topological polar surface area (TPSA) is 78.4 Å². The van der Waals surface area contributed by atoms with Crippen LogP contribution in [0.25, 0.3) is 0 Å². The zero-order valence-corrected chi connectivity index (χ0v) is 11.2. The molecule has 3 N–H and O–H groups in total. The molecule has 0 aromatic heterocycles. The van der Waals surface area contributed by atoms with Crippen LogP contribution in [0.4, 0.5) is 0 Å². The quantitative estimate of drug-likeness (QED) is 0.635. The van der Waals surface area contributed by atoms with Crippen LogP contribution in [0.5, 0.6) is 0 Å². The second-order valence-corrected chi connectivity index (χ2v) is 5.49. The Bertz CT molecular complexity index is 286. The van der Waals surface area contributed by atoms with Gasteiger partial charge in [-0.2, -0.15) is 0 Å². The van der Waals surface area contributed by atoms with Crippen LogP contribution in [-0.4, -0.2) is 36.1 Å². The molecule has 0 radical (unpaired) electrons. The lowest BCUT2D eigenvalue weighted by Crippen LogP contribution is -2.42. The molecule has 1 rings (SSSR count). The number of carbonyl (C=O) groups is 2. The predicted molar refractivity (Wildman–Crippen MR) is 69.2 cm³/mol. The molecule has 0 spiro atoms. The van der Waals surface area contributed by atoms with Crippen molar-refractivity contribution >= 4 is 11.9 Å². The summed E-state index contributed by atoms with van der Waals surface area (Å²) in [4.78, 5) is 22.6. The van der Waals surface area contributed by atoms with Crippen LogP contribution in [0, 0.1) is 11.8 Å². The lowest BCUT2D eigenvalue weighted by molar-refractivity contribution is -0.138. The normalized spacial score (nSPS) is 20.9. The van der Waals surface area contributed by atoms with Crippen molar-refractivity contribution in [2.45, 2.75) is 45.6 Å². The van der Waals surface area contributed by atoms with Crippen LogP contribution >= 0.6 is 0 Å². The highest BCUT2D eigenvalue weighted by molar-refractivity contribution is 5.82.